The summed E-state index contributed by atoms with van der Waals surface area (Å²) >= 11 is 0. The molecule has 0 saturated carbocycles. The molecule has 1 aliphatic heterocycles. The Hall–Kier alpha value is -1.13. The molecule has 1 aliphatic rings. The van der Waals surface area contributed by atoms with Gasteiger partial charge in [0.25, 0.3) is 0 Å². The summed E-state index contributed by atoms with van der Waals surface area (Å²) in [6.07, 6.45) is 0. The van der Waals surface area contributed by atoms with E-state index in [-0.39, 0.29) is 11.9 Å². The lowest BCUT2D eigenvalue weighted by molar-refractivity contribution is 0.233. The van der Waals surface area contributed by atoms with Crippen LogP contribution in [0.1, 0.15) is 25.5 Å². The molecule has 2 rings (SSSR count). The first-order chi connectivity index (χ1) is 8.50. The first-order valence-corrected chi connectivity index (χ1v) is 6.50. The Labute approximate surface area is 108 Å². The van der Waals surface area contributed by atoms with Crippen molar-refractivity contribution in [2.24, 2.45) is 5.73 Å². The number of benzene rings is 1. The standard InChI is InChI=1S/C14H22FN3/c1-10-9-18(8-7-17(10)3)14-12(11(2)16)5-4-6-13(14)15/h4-6,10-11H,7-9,16H2,1-3H3. The SMILES string of the molecule is CC(N)c1cccc(F)c1N1CCN(C)C(C)C1. The highest BCUT2D eigenvalue weighted by molar-refractivity contribution is 5.56. The fourth-order valence-corrected chi connectivity index (χ4v) is 2.48. The van der Waals surface area contributed by atoms with Gasteiger partial charge in [-0.1, -0.05) is 12.1 Å². The summed E-state index contributed by atoms with van der Waals surface area (Å²) in [6, 6.07) is 5.46. The molecule has 3 nitrogen and oxygen atoms in total. The van der Waals surface area contributed by atoms with Gasteiger partial charge in [0.05, 0.1) is 5.69 Å². The highest BCUT2D eigenvalue weighted by atomic mass is 19.1. The van der Waals surface area contributed by atoms with E-state index in [1.807, 2.05) is 13.0 Å². The molecule has 2 unspecified atom stereocenters. The maximum atomic E-state index is 14.1. The minimum absolute atomic E-state index is 0.148. The van der Waals surface area contributed by atoms with Crippen molar-refractivity contribution in [2.45, 2.75) is 25.9 Å². The van der Waals surface area contributed by atoms with Crippen LogP contribution in [0.4, 0.5) is 10.1 Å². The van der Waals surface area contributed by atoms with E-state index >= 15 is 0 Å². The van der Waals surface area contributed by atoms with E-state index in [1.165, 1.54) is 6.07 Å². The average Bonchev–Trinajstić information content (AvgIpc) is 2.32. The first kappa shape index (κ1) is 13.3. The van der Waals surface area contributed by atoms with E-state index in [0.29, 0.717) is 11.7 Å². The molecule has 0 spiro atoms. The quantitative estimate of drug-likeness (QED) is 0.872. The normalized spacial score (nSPS) is 23.2. The Balaban J connectivity index is 2.33. The lowest BCUT2D eigenvalue weighted by Gasteiger charge is -2.40. The van der Waals surface area contributed by atoms with Gasteiger partial charge in [0, 0.05) is 31.7 Å². The lowest BCUT2D eigenvalue weighted by atomic mass is 10.0. The molecular formula is C14H22FN3. The van der Waals surface area contributed by atoms with Gasteiger partial charge < -0.3 is 15.5 Å². The van der Waals surface area contributed by atoms with Crippen molar-refractivity contribution in [3.8, 4) is 0 Å². The zero-order valence-corrected chi connectivity index (χ0v) is 11.4. The van der Waals surface area contributed by atoms with Crippen LogP contribution in [-0.2, 0) is 0 Å². The van der Waals surface area contributed by atoms with E-state index in [2.05, 4.69) is 23.8 Å². The van der Waals surface area contributed by atoms with Gasteiger partial charge in [-0.15, -0.1) is 0 Å². The first-order valence-electron chi connectivity index (χ1n) is 6.50. The van der Waals surface area contributed by atoms with Crippen molar-refractivity contribution in [3.05, 3.63) is 29.6 Å². The minimum atomic E-state index is -0.165. The van der Waals surface area contributed by atoms with Crippen LogP contribution < -0.4 is 10.6 Å². The number of para-hydroxylation sites is 1. The number of rotatable bonds is 2. The molecule has 1 fully saturated rings. The molecule has 18 heavy (non-hydrogen) atoms. The van der Waals surface area contributed by atoms with E-state index < -0.39 is 0 Å². The third-order valence-corrected chi connectivity index (χ3v) is 3.78. The molecule has 1 aromatic carbocycles. The number of likely N-dealkylation sites (N-methyl/N-ethyl adjacent to an activating group) is 1. The van der Waals surface area contributed by atoms with Crippen LogP contribution in [0.2, 0.25) is 0 Å². The third kappa shape index (κ3) is 2.49. The number of nitrogens with zero attached hydrogens (tertiary/aromatic N) is 2. The van der Waals surface area contributed by atoms with E-state index in [1.54, 1.807) is 6.07 Å². The maximum Gasteiger partial charge on any atom is 0.146 e. The average molecular weight is 251 g/mol. The van der Waals surface area contributed by atoms with Gasteiger partial charge >= 0.3 is 0 Å². The molecule has 1 saturated heterocycles. The molecule has 1 heterocycles. The Morgan fingerprint density at radius 2 is 2.11 bits per heavy atom. The second-order valence-corrected chi connectivity index (χ2v) is 5.24. The monoisotopic (exact) mass is 251 g/mol. The van der Waals surface area contributed by atoms with Gasteiger partial charge in [0.1, 0.15) is 5.82 Å². The summed E-state index contributed by atoms with van der Waals surface area (Å²) in [6.45, 7) is 6.71. The predicted molar refractivity (Wildman–Crippen MR) is 73.3 cm³/mol. The summed E-state index contributed by atoms with van der Waals surface area (Å²) < 4.78 is 14.1. The molecule has 0 amide bonds. The summed E-state index contributed by atoms with van der Waals surface area (Å²) in [4.78, 5) is 4.42. The third-order valence-electron chi connectivity index (χ3n) is 3.78. The van der Waals surface area contributed by atoms with E-state index in [9.17, 15) is 4.39 Å². The van der Waals surface area contributed by atoms with Crippen molar-refractivity contribution < 1.29 is 4.39 Å². The van der Waals surface area contributed by atoms with Crippen molar-refractivity contribution in [1.29, 1.82) is 0 Å². The van der Waals surface area contributed by atoms with E-state index in [4.69, 9.17) is 5.73 Å². The summed E-state index contributed by atoms with van der Waals surface area (Å²) in [5.74, 6) is -0.165. The van der Waals surface area contributed by atoms with Crippen molar-refractivity contribution >= 4 is 5.69 Å². The molecule has 100 valence electrons. The Morgan fingerprint density at radius 1 is 1.39 bits per heavy atom. The molecule has 4 heteroatoms. The Bertz CT molecular complexity index is 420. The Morgan fingerprint density at radius 3 is 2.72 bits per heavy atom. The number of hydrogen-bond donors (Lipinski definition) is 1. The van der Waals surface area contributed by atoms with Crippen molar-refractivity contribution in [1.82, 2.24) is 4.90 Å². The highest BCUT2D eigenvalue weighted by Gasteiger charge is 2.25. The van der Waals surface area contributed by atoms with Crippen LogP contribution in [0, 0.1) is 5.82 Å². The summed E-state index contributed by atoms with van der Waals surface area (Å²) in [5.41, 5.74) is 7.53. The predicted octanol–water partition coefficient (Wildman–Crippen LogP) is 1.99. The van der Waals surface area contributed by atoms with Crippen LogP contribution in [0.15, 0.2) is 18.2 Å². The highest BCUT2D eigenvalue weighted by Crippen LogP contribution is 2.29. The fourth-order valence-electron chi connectivity index (χ4n) is 2.48. The molecule has 0 aliphatic carbocycles. The molecular weight excluding hydrogens is 229 g/mol. The van der Waals surface area contributed by atoms with Crippen molar-refractivity contribution in [3.63, 3.8) is 0 Å². The Kier molecular flexibility index (Phi) is 3.88. The largest absolute Gasteiger partial charge is 0.366 e. The molecule has 2 N–H and O–H groups in total. The van der Waals surface area contributed by atoms with Crippen LogP contribution in [0.25, 0.3) is 0 Å². The van der Waals surface area contributed by atoms with Gasteiger partial charge in [-0.25, -0.2) is 4.39 Å². The number of halogens is 1. The number of hydrogen-bond acceptors (Lipinski definition) is 3. The van der Waals surface area contributed by atoms with E-state index in [0.717, 1.165) is 25.2 Å². The molecule has 0 bridgehead atoms. The number of anilines is 1. The topological polar surface area (TPSA) is 32.5 Å². The zero-order valence-electron chi connectivity index (χ0n) is 11.4. The summed E-state index contributed by atoms with van der Waals surface area (Å²) in [7, 11) is 2.11. The van der Waals surface area contributed by atoms with Crippen LogP contribution in [0.5, 0.6) is 0 Å². The molecule has 0 aromatic heterocycles. The second-order valence-electron chi connectivity index (χ2n) is 5.24. The molecule has 1 aromatic rings. The number of nitrogens with two attached hydrogens (primary N) is 1. The summed E-state index contributed by atoms with van der Waals surface area (Å²) in [5, 5.41) is 0. The van der Waals surface area contributed by atoms with Gasteiger partial charge in [-0.2, -0.15) is 0 Å². The van der Waals surface area contributed by atoms with Gasteiger partial charge in [0.2, 0.25) is 0 Å². The van der Waals surface area contributed by atoms with Crippen LogP contribution in [-0.4, -0.2) is 37.6 Å². The lowest BCUT2D eigenvalue weighted by Crippen LogP contribution is -2.50. The van der Waals surface area contributed by atoms with Crippen LogP contribution >= 0.6 is 0 Å². The maximum absolute atomic E-state index is 14.1. The number of piperazine rings is 1. The van der Waals surface area contributed by atoms with Gasteiger partial charge in [-0.05, 0) is 32.5 Å². The molecule has 2 atom stereocenters. The van der Waals surface area contributed by atoms with Gasteiger partial charge in [-0.3, -0.25) is 0 Å². The fraction of sp³-hybridized carbons (Fsp3) is 0.571. The minimum Gasteiger partial charge on any atom is -0.366 e. The van der Waals surface area contributed by atoms with Gasteiger partial charge in [0.15, 0.2) is 0 Å². The molecule has 0 radical (unpaired) electrons. The van der Waals surface area contributed by atoms with Crippen molar-refractivity contribution in [2.75, 3.05) is 31.6 Å². The smallest absolute Gasteiger partial charge is 0.146 e. The van der Waals surface area contributed by atoms with Crippen LogP contribution in [0.3, 0.4) is 0 Å². The second kappa shape index (κ2) is 5.24. The zero-order chi connectivity index (χ0) is 13.3.